The molecule has 7 nitrogen and oxygen atoms in total. The number of carboxylic acids is 1. The van der Waals surface area contributed by atoms with Crippen LogP contribution in [-0.2, 0) is 14.3 Å². The number of ether oxygens (including phenoxy) is 1. The average molecular weight is 483 g/mol. The lowest BCUT2D eigenvalue weighted by atomic mass is 9.98. The van der Waals surface area contributed by atoms with Crippen LogP contribution in [-0.4, -0.2) is 65.7 Å². The van der Waals surface area contributed by atoms with Gasteiger partial charge in [-0.1, -0.05) is 55.5 Å². The van der Waals surface area contributed by atoms with Crippen LogP contribution in [0.1, 0.15) is 30.4 Å². The van der Waals surface area contributed by atoms with Gasteiger partial charge in [0.25, 0.3) is 0 Å². The summed E-state index contributed by atoms with van der Waals surface area (Å²) in [6, 6.07) is 15.5. The number of rotatable bonds is 8. The Morgan fingerprint density at radius 1 is 1.09 bits per heavy atom. The summed E-state index contributed by atoms with van der Waals surface area (Å²) in [6.45, 7) is 2.54. The Bertz CT molecular complexity index is 1030. The van der Waals surface area contributed by atoms with Gasteiger partial charge in [-0.3, -0.25) is 9.59 Å². The Hall–Kier alpha value is -3.00. The van der Waals surface area contributed by atoms with Crippen LogP contribution in [0.4, 0.5) is 4.79 Å². The van der Waals surface area contributed by atoms with Crippen molar-refractivity contribution in [3.05, 3.63) is 59.7 Å². The topological polar surface area (TPSA) is 95.9 Å². The quantitative estimate of drug-likeness (QED) is 0.594. The molecule has 0 unspecified atom stereocenters. The highest BCUT2D eigenvalue weighted by atomic mass is 32.2. The Kier molecular flexibility index (Phi) is 7.46. The lowest BCUT2D eigenvalue weighted by Crippen LogP contribution is -2.48. The van der Waals surface area contributed by atoms with Gasteiger partial charge >= 0.3 is 12.1 Å². The Labute approximate surface area is 203 Å². The predicted molar refractivity (Wildman–Crippen MR) is 132 cm³/mol. The summed E-state index contributed by atoms with van der Waals surface area (Å²) in [7, 11) is 0. The van der Waals surface area contributed by atoms with E-state index in [0.29, 0.717) is 18.7 Å². The molecule has 34 heavy (non-hydrogen) atoms. The number of alkyl carbamates (subject to hydrolysis) is 1. The molecule has 2 aromatic rings. The van der Waals surface area contributed by atoms with Gasteiger partial charge in [0.2, 0.25) is 5.91 Å². The fraction of sp³-hybridized carbons (Fsp3) is 0.423. The van der Waals surface area contributed by atoms with Gasteiger partial charge in [0.05, 0.1) is 5.92 Å². The lowest BCUT2D eigenvalue weighted by Gasteiger charge is -2.24. The molecule has 4 rings (SSSR count). The number of aliphatic carboxylic acids is 1. The number of hydrogen-bond donors (Lipinski definition) is 2. The standard InChI is InChI=1S/C26H30N2O5S/c1-16-13-28(14-21(16)25(30)31)24(29)23(11-12-34-2)27-26(32)33-15-22-19-9-5-3-7-17(19)18-8-4-6-10-20(18)22/h3-10,16,21-23H,11-15H2,1-2H3,(H,27,32)(H,30,31)/t16-,21-,23+/m1/s1. The molecular formula is C26H30N2O5S. The highest BCUT2D eigenvalue weighted by Gasteiger charge is 2.39. The highest BCUT2D eigenvalue weighted by molar-refractivity contribution is 7.98. The van der Waals surface area contributed by atoms with Gasteiger partial charge < -0.3 is 20.1 Å². The van der Waals surface area contributed by atoms with E-state index in [-0.39, 0.29) is 30.9 Å². The monoisotopic (exact) mass is 482 g/mol. The maximum Gasteiger partial charge on any atom is 0.407 e. The molecule has 0 radical (unpaired) electrons. The number of carbonyl (C=O) groups excluding carboxylic acids is 2. The van der Waals surface area contributed by atoms with Gasteiger partial charge in [0.1, 0.15) is 12.6 Å². The molecule has 2 aliphatic rings. The summed E-state index contributed by atoms with van der Waals surface area (Å²) in [5, 5.41) is 12.1. The van der Waals surface area contributed by atoms with E-state index in [1.165, 1.54) is 0 Å². The van der Waals surface area contributed by atoms with E-state index < -0.39 is 24.0 Å². The van der Waals surface area contributed by atoms with E-state index >= 15 is 0 Å². The fourth-order valence-electron chi connectivity index (χ4n) is 4.96. The molecule has 0 bridgehead atoms. The molecule has 0 aromatic heterocycles. The van der Waals surface area contributed by atoms with Crippen LogP contribution < -0.4 is 5.32 Å². The van der Waals surface area contributed by atoms with Crippen molar-refractivity contribution in [1.29, 1.82) is 0 Å². The van der Waals surface area contributed by atoms with E-state index in [4.69, 9.17) is 4.74 Å². The van der Waals surface area contributed by atoms with Crippen molar-refractivity contribution in [2.24, 2.45) is 11.8 Å². The number of carboxylic acid groups (broad SMARTS) is 1. The number of thioether (sulfide) groups is 1. The molecule has 180 valence electrons. The molecule has 3 atom stereocenters. The molecule has 0 spiro atoms. The van der Waals surface area contributed by atoms with Crippen molar-refractivity contribution in [1.82, 2.24) is 10.2 Å². The Morgan fingerprint density at radius 3 is 2.26 bits per heavy atom. The number of nitrogens with one attached hydrogen (secondary N) is 1. The van der Waals surface area contributed by atoms with Crippen molar-refractivity contribution < 1.29 is 24.2 Å². The number of amides is 2. The molecule has 8 heteroatoms. The van der Waals surface area contributed by atoms with Gasteiger partial charge in [-0.2, -0.15) is 11.8 Å². The van der Waals surface area contributed by atoms with Gasteiger partial charge in [-0.05, 0) is 46.6 Å². The van der Waals surface area contributed by atoms with Crippen LogP contribution in [0.15, 0.2) is 48.5 Å². The van der Waals surface area contributed by atoms with Crippen molar-refractivity contribution in [3.63, 3.8) is 0 Å². The molecular weight excluding hydrogens is 452 g/mol. The number of likely N-dealkylation sites (tertiary alicyclic amines) is 1. The van der Waals surface area contributed by atoms with E-state index in [9.17, 15) is 19.5 Å². The minimum Gasteiger partial charge on any atom is -0.481 e. The van der Waals surface area contributed by atoms with E-state index in [2.05, 4.69) is 29.6 Å². The first-order valence-corrected chi connectivity index (χ1v) is 12.9. The Morgan fingerprint density at radius 2 is 1.71 bits per heavy atom. The van der Waals surface area contributed by atoms with Crippen LogP contribution >= 0.6 is 11.8 Å². The SMILES string of the molecule is CSCC[C@H](NC(=O)OCC1c2ccccc2-c2ccccc21)C(=O)N1C[C@@H](C)[C@H](C(=O)O)C1. The Balaban J connectivity index is 1.41. The number of nitrogens with zero attached hydrogens (tertiary/aromatic N) is 1. The van der Waals surface area contributed by atoms with Crippen LogP contribution in [0.25, 0.3) is 11.1 Å². The average Bonchev–Trinajstić information content (AvgIpc) is 3.38. The minimum absolute atomic E-state index is 0.0609. The molecule has 1 heterocycles. The van der Waals surface area contributed by atoms with Crippen molar-refractivity contribution in [2.45, 2.75) is 25.3 Å². The molecule has 1 fully saturated rings. The zero-order chi connectivity index (χ0) is 24.2. The first-order valence-electron chi connectivity index (χ1n) is 11.5. The number of benzene rings is 2. The van der Waals surface area contributed by atoms with Gasteiger partial charge in [-0.15, -0.1) is 0 Å². The summed E-state index contributed by atoms with van der Waals surface area (Å²) in [4.78, 5) is 38.9. The minimum atomic E-state index is -0.895. The molecule has 2 amide bonds. The zero-order valence-electron chi connectivity index (χ0n) is 19.4. The van der Waals surface area contributed by atoms with Gasteiger partial charge in [0, 0.05) is 19.0 Å². The maximum absolute atomic E-state index is 13.1. The smallest absolute Gasteiger partial charge is 0.407 e. The largest absolute Gasteiger partial charge is 0.481 e. The van der Waals surface area contributed by atoms with E-state index in [0.717, 1.165) is 22.3 Å². The second-order valence-electron chi connectivity index (χ2n) is 8.97. The van der Waals surface area contributed by atoms with Crippen molar-refractivity contribution in [3.8, 4) is 11.1 Å². The summed E-state index contributed by atoms with van der Waals surface area (Å²) in [6.07, 6.45) is 1.75. The molecule has 1 aliphatic carbocycles. The van der Waals surface area contributed by atoms with Crippen molar-refractivity contribution in [2.75, 3.05) is 31.7 Å². The molecule has 1 saturated heterocycles. The molecule has 2 N–H and O–H groups in total. The first kappa shape index (κ1) is 24.1. The van der Waals surface area contributed by atoms with Crippen LogP contribution in [0.2, 0.25) is 0 Å². The van der Waals surface area contributed by atoms with Crippen LogP contribution in [0.5, 0.6) is 0 Å². The molecule has 0 saturated carbocycles. The van der Waals surface area contributed by atoms with Crippen LogP contribution in [0.3, 0.4) is 0 Å². The normalized spacial score (nSPS) is 19.9. The van der Waals surface area contributed by atoms with Crippen molar-refractivity contribution >= 4 is 29.7 Å². The second kappa shape index (κ2) is 10.5. The maximum atomic E-state index is 13.1. The van der Waals surface area contributed by atoms with E-state index in [1.807, 2.05) is 37.4 Å². The van der Waals surface area contributed by atoms with E-state index in [1.54, 1.807) is 16.7 Å². The number of fused-ring (bicyclic) bond motifs is 3. The second-order valence-corrected chi connectivity index (χ2v) is 9.95. The lowest BCUT2D eigenvalue weighted by molar-refractivity contribution is -0.142. The summed E-state index contributed by atoms with van der Waals surface area (Å²) in [5.74, 6) is -1.23. The first-order chi connectivity index (χ1) is 16.4. The van der Waals surface area contributed by atoms with Gasteiger partial charge in [0.15, 0.2) is 0 Å². The molecule has 2 aromatic carbocycles. The molecule has 1 aliphatic heterocycles. The summed E-state index contributed by atoms with van der Waals surface area (Å²) >= 11 is 1.58. The number of hydrogen-bond acceptors (Lipinski definition) is 5. The third-order valence-electron chi connectivity index (χ3n) is 6.79. The summed E-state index contributed by atoms with van der Waals surface area (Å²) in [5.41, 5.74) is 4.54. The fourth-order valence-corrected chi connectivity index (χ4v) is 5.44. The zero-order valence-corrected chi connectivity index (χ0v) is 20.2. The third kappa shape index (κ3) is 4.92. The van der Waals surface area contributed by atoms with Crippen LogP contribution in [0, 0.1) is 11.8 Å². The number of carbonyl (C=O) groups is 3. The third-order valence-corrected chi connectivity index (χ3v) is 7.43. The summed E-state index contributed by atoms with van der Waals surface area (Å²) < 4.78 is 5.62. The highest BCUT2D eigenvalue weighted by Crippen LogP contribution is 2.44. The predicted octanol–water partition coefficient (Wildman–Crippen LogP) is 3.83. The van der Waals surface area contributed by atoms with Gasteiger partial charge in [-0.25, -0.2) is 4.79 Å².